The summed E-state index contributed by atoms with van der Waals surface area (Å²) in [6.07, 6.45) is 0. The highest BCUT2D eigenvalue weighted by molar-refractivity contribution is 5.94. The number of benzene rings is 2. The third-order valence-electron chi connectivity index (χ3n) is 4.84. The van der Waals surface area contributed by atoms with Crippen LogP contribution in [0, 0.1) is 0 Å². The molecule has 6 heteroatoms. The first-order valence-electron chi connectivity index (χ1n) is 10.0. The van der Waals surface area contributed by atoms with Gasteiger partial charge in [0.15, 0.2) is 0 Å². The van der Waals surface area contributed by atoms with E-state index >= 15 is 0 Å². The Morgan fingerprint density at radius 2 is 1.67 bits per heavy atom. The molecule has 2 aromatic rings. The average Bonchev–Trinajstić information content (AvgIpc) is 2.67. The Labute approximate surface area is 179 Å². The highest BCUT2D eigenvalue weighted by Gasteiger charge is 2.16. The van der Waals surface area contributed by atoms with Crippen molar-refractivity contribution >= 4 is 17.5 Å². The Morgan fingerprint density at radius 3 is 2.27 bits per heavy atom. The van der Waals surface area contributed by atoms with Gasteiger partial charge in [-0.15, -0.1) is 0 Å². The molecule has 0 radical (unpaired) electrons. The molecule has 2 amide bonds. The van der Waals surface area contributed by atoms with Gasteiger partial charge >= 0.3 is 0 Å². The molecule has 0 unspecified atom stereocenters. The van der Waals surface area contributed by atoms with Gasteiger partial charge in [-0.3, -0.25) is 14.5 Å². The molecule has 2 aromatic carbocycles. The molecule has 0 atom stereocenters. The number of likely N-dealkylation sites (N-methyl/N-ethyl adjacent to an activating group) is 2. The summed E-state index contributed by atoms with van der Waals surface area (Å²) in [6.45, 7) is 7.46. The van der Waals surface area contributed by atoms with Crippen LogP contribution >= 0.6 is 0 Å². The first-order chi connectivity index (χ1) is 14.1. The Hall–Kier alpha value is -2.86. The van der Waals surface area contributed by atoms with Crippen molar-refractivity contribution in [3.05, 3.63) is 59.7 Å². The molecule has 1 N–H and O–H groups in total. The maximum atomic E-state index is 12.5. The maximum absolute atomic E-state index is 12.5. The molecule has 0 aromatic heterocycles. The van der Waals surface area contributed by atoms with Crippen LogP contribution < -0.4 is 10.1 Å². The molecular formula is C24H33N3O3. The molecule has 2 rings (SSSR count). The molecule has 30 heavy (non-hydrogen) atoms. The summed E-state index contributed by atoms with van der Waals surface area (Å²) in [5, 5.41) is 2.79. The second-order valence-corrected chi connectivity index (χ2v) is 8.65. The van der Waals surface area contributed by atoms with Gasteiger partial charge in [0.25, 0.3) is 0 Å². The third kappa shape index (κ3) is 7.19. The Bertz CT molecular complexity index is 857. The second kappa shape index (κ2) is 10.3. The van der Waals surface area contributed by atoms with Gasteiger partial charge in [0, 0.05) is 25.3 Å². The number of hydrogen-bond donors (Lipinski definition) is 1. The maximum Gasteiger partial charge on any atom is 0.243 e. The molecule has 0 heterocycles. The molecule has 0 bridgehead atoms. The molecule has 0 saturated carbocycles. The zero-order valence-corrected chi connectivity index (χ0v) is 18.9. The SMILES string of the molecule is COc1cccc(NC(=O)CN(C)C(=O)CN(C)Cc2ccc(C(C)(C)C)cc2)c1. The van der Waals surface area contributed by atoms with Gasteiger partial charge in [0.05, 0.1) is 20.2 Å². The van der Waals surface area contributed by atoms with Crippen molar-refractivity contribution < 1.29 is 14.3 Å². The zero-order valence-electron chi connectivity index (χ0n) is 18.9. The lowest BCUT2D eigenvalue weighted by Crippen LogP contribution is -2.40. The number of nitrogens with one attached hydrogen (secondary N) is 1. The number of carbonyl (C=O) groups excluding carboxylic acids is 2. The van der Waals surface area contributed by atoms with Crippen molar-refractivity contribution in [2.75, 3.05) is 39.6 Å². The van der Waals surface area contributed by atoms with E-state index in [0.29, 0.717) is 18.0 Å². The highest BCUT2D eigenvalue weighted by atomic mass is 16.5. The van der Waals surface area contributed by atoms with Gasteiger partial charge in [-0.1, -0.05) is 51.1 Å². The van der Waals surface area contributed by atoms with Gasteiger partial charge in [-0.25, -0.2) is 0 Å². The number of anilines is 1. The molecule has 0 aliphatic carbocycles. The van der Waals surface area contributed by atoms with Gasteiger partial charge in [-0.2, -0.15) is 0 Å². The van der Waals surface area contributed by atoms with E-state index in [-0.39, 0.29) is 30.3 Å². The van der Waals surface area contributed by atoms with Crippen LogP contribution in [0.1, 0.15) is 31.9 Å². The van der Waals surface area contributed by atoms with Crippen molar-refractivity contribution in [1.82, 2.24) is 9.80 Å². The number of rotatable bonds is 8. The largest absolute Gasteiger partial charge is 0.497 e. The van der Waals surface area contributed by atoms with Crippen LogP contribution in [0.2, 0.25) is 0 Å². The molecule has 162 valence electrons. The number of nitrogens with zero attached hydrogens (tertiary/aromatic N) is 2. The van der Waals surface area contributed by atoms with E-state index in [2.05, 4.69) is 50.4 Å². The third-order valence-corrected chi connectivity index (χ3v) is 4.84. The zero-order chi connectivity index (χ0) is 22.3. The summed E-state index contributed by atoms with van der Waals surface area (Å²) in [6, 6.07) is 15.6. The minimum Gasteiger partial charge on any atom is -0.497 e. The summed E-state index contributed by atoms with van der Waals surface area (Å²) in [5.74, 6) is 0.304. The van der Waals surface area contributed by atoms with Crippen molar-refractivity contribution in [3.63, 3.8) is 0 Å². The van der Waals surface area contributed by atoms with Crippen molar-refractivity contribution in [2.24, 2.45) is 0 Å². The van der Waals surface area contributed by atoms with E-state index in [4.69, 9.17) is 4.74 Å². The molecule has 0 aliphatic rings. The van der Waals surface area contributed by atoms with Crippen molar-refractivity contribution in [3.8, 4) is 5.75 Å². The van der Waals surface area contributed by atoms with E-state index in [1.54, 1.807) is 38.4 Å². The van der Waals surface area contributed by atoms with Crippen LogP contribution in [-0.4, -0.2) is 55.9 Å². The van der Waals surface area contributed by atoms with Crippen LogP contribution in [0.5, 0.6) is 5.75 Å². The second-order valence-electron chi connectivity index (χ2n) is 8.65. The lowest BCUT2D eigenvalue weighted by atomic mass is 9.87. The van der Waals surface area contributed by atoms with Crippen LogP contribution in [0.4, 0.5) is 5.69 Å². The Balaban J connectivity index is 1.83. The van der Waals surface area contributed by atoms with Crippen LogP contribution in [0.3, 0.4) is 0 Å². The molecule has 0 saturated heterocycles. The lowest BCUT2D eigenvalue weighted by Gasteiger charge is -2.22. The summed E-state index contributed by atoms with van der Waals surface area (Å²) < 4.78 is 5.15. The number of amides is 2. The lowest BCUT2D eigenvalue weighted by molar-refractivity contribution is -0.134. The molecule has 0 aliphatic heterocycles. The van der Waals surface area contributed by atoms with E-state index in [9.17, 15) is 9.59 Å². The predicted octanol–water partition coefficient (Wildman–Crippen LogP) is 3.52. The fourth-order valence-corrected chi connectivity index (χ4v) is 3.03. The number of hydrogen-bond acceptors (Lipinski definition) is 4. The van der Waals surface area contributed by atoms with Gasteiger partial charge < -0.3 is 15.0 Å². The number of carbonyl (C=O) groups is 2. The molecule has 6 nitrogen and oxygen atoms in total. The highest BCUT2D eigenvalue weighted by Crippen LogP contribution is 2.22. The minimum atomic E-state index is -0.250. The first-order valence-corrected chi connectivity index (χ1v) is 10.0. The average molecular weight is 412 g/mol. The summed E-state index contributed by atoms with van der Waals surface area (Å²) in [7, 11) is 5.11. The summed E-state index contributed by atoms with van der Waals surface area (Å²) in [4.78, 5) is 28.1. The fourth-order valence-electron chi connectivity index (χ4n) is 3.03. The van der Waals surface area contributed by atoms with Gasteiger partial charge in [0.2, 0.25) is 11.8 Å². The van der Waals surface area contributed by atoms with Crippen LogP contribution in [0.25, 0.3) is 0 Å². The standard InChI is InChI=1S/C24H33N3O3/c1-24(2,3)19-12-10-18(11-13-19)15-26(4)17-23(29)27(5)16-22(28)25-20-8-7-9-21(14-20)30-6/h7-14H,15-17H2,1-6H3,(H,25,28). The summed E-state index contributed by atoms with van der Waals surface area (Å²) in [5.41, 5.74) is 3.19. The normalized spacial score (nSPS) is 11.3. The van der Waals surface area contributed by atoms with Crippen molar-refractivity contribution in [1.29, 1.82) is 0 Å². The fraction of sp³-hybridized carbons (Fsp3) is 0.417. The van der Waals surface area contributed by atoms with E-state index in [1.807, 2.05) is 11.9 Å². The number of ether oxygens (including phenoxy) is 1. The summed E-state index contributed by atoms with van der Waals surface area (Å²) >= 11 is 0. The topological polar surface area (TPSA) is 61.9 Å². The van der Waals surface area contributed by atoms with Gasteiger partial charge in [-0.05, 0) is 35.7 Å². The predicted molar refractivity (Wildman–Crippen MR) is 121 cm³/mol. The van der Waals surface area contributed by atoms with Gasteiger partial charge in [0.1, 0.15) is 5.75 Å². The Kier molecular flexibility index (Phi) is 8.00. The van der Waals surface area contributed by atoms with Crippen molar-refractivity contribution in [2.45, 2.75) is 32.7 Å². The number of methoxy groups -OCH3 is 1. The molecular weight excluding hydrogens is 378 g/mol. The molecule has 0 fully saturated rings. The minimum absolute atomic E-state index is 0.00976. The molecule has 0 spiro atoms. The monoisotopic (exact) mass is 411 g/mol. The van der Waals surface area contributed by atoms with E-state index < -0.39 is 0 Å². The Morgan fingerprint density at radius 1 is 1.00 bits per heavy atom. The van der Waals surface area contributed by atoms with Crippen LogP contribution in [0.15, 0.2) is 48.5 Å². The van der Waals surface area contributed by atoms with E-state index in [1.165, 1.54) is 10.5 Å². The quantitative estimate of drug-likeness (QED) is 0.722. The first kappa shape index (κ1) is 23.4. The van der Waals surface area contributed by atoms with Crippen LogP contribution in [-0.2, 0) is 21.5 Å². The smallest absolute Gasteiger partial charge is 0.243 e. The van der Waals surface area contributed by atoms with E-state index in [0.717, 1.165) is 5.56 Å².